The third-order valence-corrected chi connectivity index (χ3v) is 1.05. The second-order valence-electron chi connectivity index (χ2n) is 1.97. The molecule has 1 aromatic rings. The molecule has 0 unspecified atom stereocenters. The van der Waals surface area contributed by atoms with Crippen LogP contribution in [-0.4, -0.2) is 10.5 Å². The Bertz CT molecular complexity index is 169. The fraction of sp³-hybridized carbons (Fsp3) is 0.286. The topological polar surface area (TPSA) is 44.4 Å². The van der Waals surface area contributed by atoms with E-state index in [1.54, 1.807) is 0 Å². The first-order valence-corrected chi connectivity index (χ1v) is 2.68. The second kappa shape index (κ2) is 3.20. The number of pyridine rings is 1. The SMILES string of the molecule is Cc1ccnc(C)c1.O. The molecule has 2 N–H and O–H groups in total. The van der Waals surface area contributed by atoms with Crippen LogP contribution in [0.25, 0.3) is 0 Å². The zero-order chi connectivity index (χ0) is 5.98. The van der Waals surface area contributed by atoms with Crippen LogP contribution < -0.4 is 0 Å². The highest BCUT2D eigenvalue weighted by molar-refractivity contribution is 5.12. The molecule has 1 heterocycles. The van der Waals surface area contributed by atoms with Crippen molar-refractivity contribution >= 4 is 0 Å². The molecule has 0 fully saturated rings. The van der Waals surface area contributed by atoms with Gasteiger partial charge < -0.3 is 5.48 Å². The van der Waals surface area contributed by atoms with Crippen LogP contribution >= 0.6 is 0 Å². The number of hydrogen-bond acceptors (Lipinski definition) is 1. The summed E-state index contributed by atoms with van der Waals surface area (Å²) in [5, 5.41) is 0. The molecule has 0 aliphatic heterocycles. The monoisotopic (exact) mass is 125 g/mol. The molecule has 9 heavy (non-hydrogen) atoms. The molecule has 2 nitrogen and oxygen atoms in total. The maximum atomic E-state index is 4.04. The zero-order valence-corrected chi connectivity index (χ0v) is 5.68. The Morgan fingerprint density at radius 1 is 1.33 bits per heavy atom. The first kappa shape index (κ1) is 8.11. The van der Waals surface area contributed by atoms with Crippen LogP contribution in [0.3, 0.4) is 0 Å². The predicted molar refractivity (Wildman–Crippen MR) is 37.3 cm³/mol. The largest absolute Gasteiger partial charge is 0.412 e. The van der Waals surface area contributed by atoms with Crippen LogP contribution in [-0.2, 0) is 0 Å². The van der Waals surface area contributed by atoms with Gasteiger partial charge in [-0.05, 0) is 31.5 Å². The molecule has 0 aliphatic rings. The predicted octanol–water partition coefficient (Wildman–Crippen LogP) is 0.874. The van der Waals surface area contributed by atoms with E-state index in [0.717, 1.165) is 5.69 Å². The summed E-state index contributed by atoms with van der Waals surface area (Å²) >= 11 is 0. The van der Waals surface area contributed by atoms with E-state index in [2.05, 4.69) is 18.0 Å². The van der Waals surface area contributed by atoms with Crippen molar-refractivity contribution in [3.05, 3.63) is 29.6 Å². The fourth-order valence-corrected chi connectivity index (χ4v) is 0.687. The molecule has 0 radical (unpaired) electrons. The highest BCUT2D eigenvalue weighted by atomic mass is 16.0. The van der Waals surface area contributed by atoms with Gasteiger partial charge in [0.05, 0.1) is 0 Å². The fourth-order valence-electron chi connectivity index (χ4n) is 0.687. The first-order chi connectivity index (χ1) is 3.79. The highest BCUT2D eigenvalue weighted by Gasteiger charge is 1.82. The Balaban J connectivity index is 0.000000640. The first-order valence-electron chi connectivity index (χ1n) is 2.68. The molecule has 0 saturated carbocycles. The lowest BCUT2D eigenvalue weighted by atomic mass is 10.3. The van der Waals surface area contributed by atoms with Gasteiger partial charge in [0.15, 0.2) is 0 Å². The standard InChI is InChI=1S/C7H9N.H2O/c1-6-3-4-8-7(2)5-6;/h3-5H,1-2H3;1H2. The van der Waals surface area contributed by atoms with Gasteiger partial charge in [0, 0.05) is 11.9 Å². The Hall–Kier alpha value is -0.890. The van der Waals surface area contributed by atoms with Crippen LogP contribution in [0.2, 0.25) is 0 Å². The van der Waals surface area contributed by atoms with Gasteiger partial charge in [-0.25, -0.2) is 0 Å². The van der Waals surface area contributed by atoms with Gasteiger partial charge in [-0.2, -0.15) is 0 Å². The lowest BCUT2D eigenvalue weighted by Crippen LogP contribution is -1.78. The quantitative estimate of drug-likeness (QED) is 0.507. The second-order valence-corrected chi connectivity index (χ2v) is 1.97. The molecule has 0 aromatic carbocycles. The average molecular weight is 125 g/mol. The Morgan fingerprint density at radius 3 is 2.33 bits per heavy atom. The normalized spacial score (nSPS) is 8.22. The highest BCUT2D eigenvalue weighted by Crippen LogP contribution is 1.95. The van der Waals surface area contributed by atoms with E-state index in [4.69, 9.17) is 0 Å². The minimum Gasteiger partial charge on any atom is -0.412 e. The van der Waals surface area contributed by atoms with Gasteiger partial charge >= 0.3 is 0 Å². The van der Waals surface area contributed by atoms with Crippen molar-refractivity contribution in [2.45, 2.75) is 13.8 Å². The van der Waals surface area contributed by atoms with Crippen LogP contribution in [0.1, 0.15) is 11.3 Å². The molecule has 0 amide bonds. The van der Waals surface area contributed by atoms with E-state index < -0.39 is 0 Å². The van der Waals surface area contributed by atoms with Crippen molar-refractivity contribution in [1.29, 1.82) is 0 Å². The summed E-state index contributed by atoms with van der Waals surface area (Å²) in [6.07, 6.45) is 1.82. The van der Waals surface area contributed by atoms with E-state index in [1.165, 1.54) is 5.56 Å². The number of aryl methyl sites for hydroxylation is 2. The maximum absolute atomic E-state index is 4.04. The summed E-state index contributed by atoms with van der Waals surface area (Å²) in [5.74, 6) is 0. The number of aromatic nitrogens is 1. The van der Waals surface area contributed by atoms with Crippen LogP contribution in [0.5, 0.6) is 0 Å². The summed E-state index contributed by atoms with van der Waals surface area (Å²) in [5.41, 5.74) is 2.36. The summed E-state index contributed by atoms with van der Waals surface area (Å²) in [7, 11) is 0. The van der Waals surface area contributed by atoms with Gasteiger partial charge in [0.2, 0.25) is 0 Å². The van der Waals surface area contributed by atoms with Gasteiger partial charge in [-0.15, -0.1) is 0 Å². The van der Waals surface area contributed by atoms with Crippen molar-refractivity contribution < 1.29 is 5.48 Å². The minimum atomic E-state index is 0. The third kappa shape index (κ3) is 2.24. The van der Waals surface area contributed by atoms with Gasteiger partial charge in [-0.3, -0.25) is 4.98 Å². The van der Waals surface area contributed by atoms with Crippen molar-refractivity contribution in [3.63, 3.8) is 0 Å². The molecule has 1 aromatic heterocycles. The van der Waals surface area contributed by atoms with Crippen LogP contribution in [0.4, 0.5) is 0 Å². The Labute approximate surface area is 54.9 Å². The molecular weight excluding hydrogens is 114 g/mol. The van der Waals surface area contributed by atoms with Gasteiger partial charge in [0.1, 0.15) is 0 Å². The Kier molecular flexibility index (Phi) is 2.88. The number of rotatable bonds is 0. The summed E-state index contributed by atoms with van der Waals surface area (Å²) in [4.78, 5) is 4.04. The molecule has 2 heteroatoms. The van der Waals surface area contributed by atoms with E-state index in [0.29, 0.717) is 0 Å². The van der Waals surface area contributed by atoms with E-state index in [-0.39, 0.29) is 5.48 Å². The molecule has 0 atom stereocenters. The van der Waals surface area contributed by atoms with Crippen LogP contribution in [0.15, 0.2) is 18.3 Å². The average Bonchev–Trinajstić information content (AvgIpc) is 1.64. The molecular formula is C7H11NO. The molecule has 50 valence electrons. The molecule has 0 aliphatic carbocycles. The molecule has 0 saturated heterocycles. The van der Waals surface area contributed by atoms with Crippen molar-refractivity contribution in [3.8, 4) is 0 Å². The smallest absolute Gasteiger partial charge is 0.0375 e. The van der Waals surface area contributed by atoms with Crippen molar-refractivity contribution in [1.82, 2.24) is 4.98 Å². The van der Waals surface area contributed by atoms with E-state index in [1.807, 2.05) is 19.2 Å². The Morgan fingerprint density at radius 2 is 2.00 bits per heavy atom. The lowest BCUT2D eigenvalue weighted by Gasteiger charge is -1.90. The van der Waals surface area contributed by atoms with Crippen LogP contribution in [0, 0.1) is 13.8 Å². The molecule has 0 spiro atoms. The van der Waals surface area contributed by atoms with Gasteiger partial charge in [-0.1, -0.05) is 0 Å². The van der Waals surface area contributed by atoms with E-state index in [9.17, 15) is 0 Å². The maximum Gasteiger partial charge on any atom is 0.0375 e. The summed E-state index contributed by atoms with van der Waals surface area (Å²) in [6.45, 7) is 4.06. The van der Waals surface area contributed by atoms with Crippen molar-refractivity contribution in [2.24, 2.45) is 0 Å². The van der Waals surface area contributed by atoms with E-state index >= 15 is 0 Å². The number of nitrogens with zero attached hydrogens (tertiary/aromatic N) is 1. The molecule has 0 bridgehead atoms. The minimum absolute atomic E-state index is 0. The molecule has 1 rings (SSSR count). The lowest BCUT2D eigenvalue weighted by molar-refractivity contribution is 0.824. The zero-order valence-electron chi connectivity index (χ0n) is 5.68. The summed E-state index contributed by atoms with van der Waals surface area (Å²) in [6, 6.07) is 4.05. The van der Waals surface area contributed by atoms with Gasteiger partial charge in [0.25, 0.3) is 0 Å². The third-order valence-electron chi connectivity index (χ3n) is 1.05. The summed E-state index contributed by atoms with van der Waals surface area (Å²) < 4.78 is 0. The number of hydrogen-bond donors (Lipinski definition) is 0. The van der Waals surface area contributed by atoms with Crippen molar-refractivity contribution in [2.75, 3.05) is 0 Å².